The first kappa shape index (κ1) is 14.3. The molecule has 1 saturated carbocycles. The summed E-state index contributed by atoms with van der Waals surface area (Å²) in [5.74, 6) is -0.0279. The van der Waals surface area contributed by atoms with E-state index >= 15 is 0 Å². The molecule has 0 atom stereocenters. The van der Waals surface area contributed by atoms with Crippen molar-refractivity contribution in [1.82, 2.24) is 20.8 Å². The van der Waals surface area contributed by atoms with Crippen molar-refractivity contribution in [2.24, 2.45) is 0 Å². The average Bonchev–Trinajstić information content (AvgIpc) is 3.31. The molecule has 1 heterocycles. The molecule has 2 aliphatic rings. The number of nitrogens with one attached hydrogen (secondary N) is 3. The van der Waals surface area contributed by atoms with Gasteiger partial charge in [0.1, 0.15) is 0 Å². The maximum absolute atomic E-state index is 12.0. The van der Waals surface area contributed by atoms with Crippen molar-refractivity contribution >= 4 is 5.91 Å². The van der Waals surface area contributed by atoms with Gasteiger partial charge in [-0.2, -0.15) is 5.10 Å². The van der Waals surface area contributed by atoms with Gasteiger partial charge in [0, 0.05) is 24.7 Å². The largest absolute Gasteiger partial charge is 0.354 e. The van der Waals surface area contributed by atoms with E-state index in [2.05, 4.69) is 20.8 Å². The maximum Gasteiger partial charge on any atom is 0.267 e. The molecule has 1 amide bonds. The van der Waals surface area contributed by atoms with Crippen LogP contribution in [-0.2, 0) is 24.1 Å². The number of aromatic nitrogens is 2. The van der Waals surface area contributed by atoms with E-state index in [1.165, 1.54) is 12.8 Å². The van der Waals surface area contributed by atoms with E-state index in [4.69, 9.17) is 0 Å². The highest BCUT2D eigenvalue weighted by Gasteiger charge is 2.20. The number of aromatic amines is 1. The van der Waals surface area contributed by atoms with Gasteiger partial charge in [-0.15, -0.1) is 0 Å². The van der Waals surface area contributed by atoms with Crippen LogP contribution in [-0.4, -0.2) is 35.2 Å². The number of carbonyl (C=O) groups excluding carboxylic acids is 1. The topological polar surface area (TPSA) is 86.9 Å². The Hall–Kier alpha value is -1.69. The lowest BCUT2D eigenvalue weighted by atomic mass is 9.91. The van der Waals surface area contributed by atoms with Crippen LogP contribution in [0.3, 0.4) is 0 Å². The number of fused-ring (bicyclic) bond motifs is 1. The van der Waals surface area contributed by atoms with Crippen LogP contribution < -0.4 is 16.2 Å². The molecule has 1 fully saturated rings. The number of rotatable bonds is 6. The van der Waals surface area contributed by atoms with Crippen LogP contribution in [0.5, 0.6) is 0 Å². The number of H-pyrrole nitrogens is 1. The molecule has 114 valence electrons. The van der Waals surface area contributed by atoms with Gasteiger partial charge in [0.25, 0.3) is 5.56 Å². The number of nitrogens with zero attached hydrogens (tertiary/aromatic N) is 1. The van der Waals surface area contributed by atoms with Gasteiger partial charge in [0.05, 0.1) is 12.1 Å². The zero-order valence-corrected chi connectivity index (χ0v) is 12.2. The minimum absolute atomic E-state index is 0.0279. The minimum Gasteiger partial charge on any atom is -0.354 e. The third-order valence-corrected chi connectivity index (χ3v) is 4.17. The molecule has 1 aromatic rings. The average molecular weight is 290 g/mol. The van der Waals surface area contributed by atoms with E-state index in [1.54, 1.807) is 0 Å². The molecule has 0 radical (unpaired) electrons. The van der Waals surface area contributed by atoms with Crippen molar-refractivity contribution in [3.63, 3.8) is 0 Å². The normalized spacial score (nSPS) is 17.3. The van der Waals surface area contributed by atoms with E-state index < -0.39 is 0 Å². The van der Waals surface area contributed by atoms with Gasteiger partial charge >= 0.3 is 0 Å². The quantitative estimate of drug-likeness (QED) is 0.647. The van der Waals surface area contributed by atoms with Gasteiger partial charge in [-0.3, -0.25) is 9.59 Å². The fourth-order valence-corrected chi connectivity index (χ4v) is 2.85. The lowest BCUT2D eigenvalue weighted by Crippen LogP contribution is -2.34. The third-order valence-electron chi connectivity index (χ3n) is 4.17. The zero-order chi connectivity index (χ0) is 14.7. The molecule has 1 aromatic heterocycles. The highest BCUT2D eigenvalue weighted by atomic mass is 16.1. The Bertz CT molecular complexity index is 578. The van der Waals surface area contributed by atoms with Crippen LogP contribution in [0.2, 0.25) is 0 Å². The molecule has 3 N–H and O–H groups in total. The van der Waals surface area contributed by atoms with Gasteiger partial charge < -0.3 is 10.6 Å². The van der Waals surface area contributed by atoms with Crippen molar-refractivity contribution in [3.8, 4) is 0 Å². The Kier molecular flexibility index (Phi) is 4.34. The van der Waals surface area contributed by atoms with Crippen LogP contribution in [0.1, 0.15) is 42.5 Å². The molecule has 0 aliphatic heterocycles. The molecule has 21 heavy (non-hydrogen) atoms. The summed E-state index contributed by atoms with van der Waals surface area (Å²) in [6, 6.07) is 0.662. The molecule has 0 aromatic carbocycles. The molecule has 0 unspecified atom stereocenters. The molecule has 2 aliphatic carbocycles. The lowest BCUT2D eigenvalue weighted by Gasteiger charge is -2.17. The monoisotopic (exact) mass is 290 g/mol. The van der Waals surface area contributed by atoms with E-state index in [0.29, 0.717) is 12.6 Å². The summed E-state index contributed by atoms with van der Waals surface area (Å²) in [5, 5.41) is 12.9. The van der Waals surface area contributed by atoms with Crippen molar-refractivity contribution in [2.45, 2.75) is 51.0 Å². The Balaban J connectivity index is 1.56. The fourth-order valence-electron chi connectivity index (χ4n) is 2.85. The van der Waals surface area contributed by atoms with Crippen LogP contribution in [0.15, 0.2) is 4.79 Å². The van der Waals surface area contributed by atoms with Gasteiger partial charge in [-0.25, -0.2) is 5.10 Å². The Morgan fingerprint density at radius 2 is 1.95 bits per heavy atom. The van der Waals surface area contributed by atoms with Crippen molar-refractivity contribution in [1.29, 1.82) is 0 Å². The summed E-state index contributed by atoms with van der Waals surface area (Å²) in [6.07, 6.45) is 6.52. The summed E-state index contributed by atoms with van der Waals surface area (Å²) < 4.78 is 0. The molecular formula is C15H22N4O2. The minimum atomic E-state index is -0.0949. The summed E-state index contributed by atoms with van der Waals surface area (Å²) in [5.41, 5.74) is 2.46. The molecule has 0 spiro atoms. The SMILES string of the molecule is O=C(Cc1n[nH]c(=O)c2c1CCCC2)NCCNC1CC1. The standard InChI is InChI=1S/C15H22N4O2/c20-14(17-8-7-16-10-5-6-10)9-13-11-3-1-2-4-12(11)15(21)19-18-13/h10,16H,1-9H2,(H,17,20)(H,19,21). The highest BCUT2D eigenvalue weighted by Crippen LogP contribution is 2.20. The van der Waals surface area contributed by atoms with Gasteiger partial charge in [0.15, 0.2) is 0 Å². The Labute approximate surface area is 123 Å². The van der Waals surface area contributed by atoms with Gasteiger partial charge in [-0.1, -0.05) is 0 Å². The second kappa shape index (κ2) is 6.39. The summed E-state index contributed by atoms with van der Waals surface area (Å²) in [7, 11) is 0. The molecule has 6 nitrogen and oxygen atoms in total. The van der Waals surface area contributed by atoms with Crippen molar-refractivity contribution < 1.29 is 4.79 Å². The Morgan fingerprint density at radius 1 is 1.19 bits per heavy atom. The summed E-state index contributed by atoms with van der Waals surface area (Å²) >= 11 is 0. The zero-order valence-electron chi connectivity index (χ0n) is 12.2. The fraction of sp³-hybridized carbons (Fsp3) is 0.667. The first-order valence-corrected chi connectivity index (χ1v) is 7.83. The number of hydrogen-bond donors (Lipinski definition) is 3. The predicted molar refractivity (Wildman–Crippen MR) is 79.2 cm³/mol. The highest BCUT2D eigenvalue weighted by molar-refractivity contribution is 5.78. The van der Waals surface area contributed by atoms with E-state index in [1.807, 2.05) is 0 Å². The number of amides is 1. The number of hydrogen-bond acceptors (Lipinski definition) is 4. The third kappa shape index (κ3) is 3.69. The van der Waals surface area contributed by atoms with Crippen LogP contribution in [0.4, 0.5) is 0 Å². The van der Waals surface area contributed by atoms with E-state index in [9.17, 15) is 9.59 Å². The van der Waals surface area contributed by atoms with E-state index in [-0.39, 0.29) is 17.9 Å². The van der Waals surface area contributed by atoms with Crippen LogP contribution >= 0.6 is 0 Å². The summed E-state index contributed by atoms with van der Waals surface area (Å²) in [6.45, 7) is 1.45. The molecule has 0 saturated heterocycles. The van der Waals surface area contributed by atoms with Gasteiger partial charge in [-0.05, 0) is 44.1 Å². The van der Waals surface area contributed by atoms with Crippen LogP contribution in [0.25, 0.3) is 0 Å². The number of carbonyl (C=O) groups is 1. The summed E-state index contributed by atoms with van der Waals surface area (Å²) in [4.78, 5) is 23.7. The Morgan fingerprint density at radius 3 is 2.71 bits per heavy atom. The second-order valence-electron chi connectivity index (χ2n) is 5.92. The maximum atomic E-state index is 12.0. The van der Waals surface area contributed by atoms with E-state index in [0.717, 1.165) is 49.0 Å². The molecule has 6 heteroatoms. The first-order chi connectivity index (χ1) is 10.2. The van der Waals surface area contributed by atoms with Gasteiger partial charge in [0.2, 0.25) is 5.91 Å². The second-order valence-corrected chi connectivity index (χ2v) is 5.92. The molecule has 3 rings (SSSR count). The van der Waals surface area contributed by atoms with Crippen molar-refractivity contribution in [3.05, 3.63) is 27.2 Å². The van der Waals surface area contributed by atoms with Crippen molar-refractivity contribution in [2.75, 3.05) is 13.1 Å². The molecule has 0 bridgehead atoms. The lowest BCUT2D eigenvalue weighted by molar-refractivity contribution is -0.120. The smallest absolute Gasteiger partial charge is 0.267 e. The molecular weight excluding hydrogens is 268 g/mol. The van der Waals surface area contributed by atoms with Crippen LogP contribution in [0, 0.1) is 0 Å². The first-order valence-electron chi connectivity index (χ1n) is 7.83. The predicted octanol–water partition coefficient (Wildman–Crippen LogP) is 0.0594.